The van der Waals surface area contributed by atoms with Gasteiger partial charge in [0.1, 0.15) is 12.6 Å². The van der Waals surface area contributed by atoms with Crippen LogP contribution in [-0.2, 0) is 16.0 Å². The van der Waals surface area contributed by atoms with Gasteiger partial charge in [-0.25, -0.2) is 9.59 Å². The Morgan fingerprint density at radius 1 is 1.07 bits per heavy atom. The molecule has 0 radical (unpaired) electrons. The van der Waals surface area contributed by atoms with Crippen LogP contribution in [0.4, 0.5) is 10.5 Å². The number of carbonyl (C=O) groups is 2. The SMILES string of the molecule is Nc1ccncc1CC(NC(=O)OCC1c2ccccc2-c2ccccc21)C(=O)O. The van der Waals surface area contributed by atoms with Crippen molar-refractivity contribution in [2.75, 3.05) is 12.3 Å². The van der Waals surface area contributed by atoms with E-state index < -0.39 is 18.1 Å². The molecule has 1 unspecified atom stereocenters. The highest BCUT2D eigenvalue weighted by Crippen LogP contribution is 2.44. The molecular formula is C23H21N3O4. The van der Waals surface area contributed by atoms with Crippen LogP contribution in [0.3, 0.4) is 0 Å². The van der Waals surface area contributed by atoms with E-state index in [9.17, 15) is 14.7 Å². The molecule has 7 heteroatoms. The number of nitrogens with zero attached hydrogens (tertiary/aromatic N) is 1. The minimum Gasteiger partial charge on any atom is -0.480 e. The van der Waals surface area contributed by atoms with Crippen molar-refractivity contribution in [3.05, 3.63) is 83.7 Å². The van der Waals surface area contributed by atoms with Gasteiger partial charge in [0.15, 0.2) is 0 Å². The van der Waals surface area contributed by atoms with E-state index >= 15 is 0 Å². The second-order valence-corrected chi connectivity index (χ2v) is 7.14. The molecule has 0 spiro atoms. The highest BCUT2D eigenvalue weighted by Gasteiger charge is 2.29. The average Bonchev–Trinajstić information content (AvgIpc) is 3.07. The van der Waals surface area contributed by atoms with E-state index in [0.717, 1.165) is 22.3 Å². The quantitative estimate of drug-likeness (QED) is 0.582. The molecule has 4 N–H and O–H groups in total. The summed E-state index contributed by atoms with van der Waals surface area (Å²) in [5.74, 6) is -1.27. The fourth-order valence-corrected chi connectivity index (χ4v) is 3.81. The lowest BCUT2D eigenvalue weighted by Gasteiger charge is -2.18. The Hall–Kier alpha value is -3.87. The van der Waals surface area contributed by atoms with Crippen LogP contribution < -0.4 is 11.1 Å². The third-order valence-corrected chi connectivity index (χ3v) is 5.30. The first-order valence-corrected chi connectivity index (χ1v) is 9.57. The number of aromatic nitrogens is 1. The molecule has 0 aliphatic heterocycles. The monoisotopic (exact) mass is 403 g/mol. The van der Waals surface area contributed by atoms with Crippen LogP contribution in [0, 0.1) is 0 Å². The minimum atomic E-state index is -1.17. The van der Waals surface area contributed by atoms with Crippen LogP contribution >= 0.6 is 0 Å². The number of nitrogens with two attached hydrogens (primary N) is 1. The standard InChI is InChI=1S/C23H21N3O4/c24-20-9-10-25-12-14(20)11-21(22(27)28)26-23(29)30-13-19-17-7-3-1-5-15(17)16-6-2-4-8-18(16)19/h1-10,12,19,21H,11,13H2,(H2,24,25)(H,26,29)(H,27,28). The van der Waals surface area contributed by atoms with Gasteiger partial charge in [-0.2, -0.15) is 0 Å². The Kier molecular flexibility index (Phi) is 5.34. The number of fused-ring (bicyclic) bond motifs is 3. The van der Waals surface area contributed by atoms with Crippen molar-refractivity contribution in [2.24, 2.45) is 0 Å². The predicted molar refractivity (Wildman–Crippen MR) is 112 cm³/mol. The molecule has 0 saturated carbocycles. The van der Waals surface area contributed by atoms with Gasteiger partial charge in [-0.05, 0) is 33.9 Å². The van der Waals surface area contributed by atoms with Gasteiger partial charge in [0.25, 0.3) is 0 Å². The molecule has 152 valence electrons. The Labute approximate surface area is 173 Å². The number of hydrogen-bond acceptors (Lipinski definition) is 5. The second kappa shape index (κ2) is 8.24. The molecule has 4 rings (SSSR count). The third kappa shape index (κ3) is 3.82. The number of carboxylic acids is 1. The van der Waals surface area contributed by atoms with Gasteiger partial charge in [0.05, 0.1) is 0 Å². The molecule has 1 atom stereocenters. The van der Waals surface area contributed by atoms with Crippen molar-refractivity contribution >= 4 is 17.7 Å². The third-order valence-electron chi connectivity index (χ3n) is 5.30. The van der Waals surface area contributed by atoms with Crippen molar-refractivity contribution in [2.45, 2.75) is 18.4 Å². The number of anilines is 1. The molecule has 7 nitrogen and oxygen atoms in total. The van der Waals surface area contributed by atoms with Gasteiger partial charge in [-0.3, -0.25) is 4.98 Å². The van der Waals surface area contributed by atoms with E-state index in [1.54, 1.807) is 6.07 Å². The molecule has 0 bridgehead atoms. The fourth-order valence-electron chi connectivity index (χ4n) is 3.81. The summed E-state index contributed by atoms with van der Waals surface area (Å²) in [6, 6.07) is 16.4. The molecule has 1 amide bonds. The van der Waals surface area contributed by atoms with Gasteiger partial charge < -0.3 is 20.9 Å². The van der Waals surface area contributed by atoms with E-state index in [1.165, 1.54) is 12.4 Å². The Balaban J connectivity index is 1.44. The summed E-state index contributed by atoms with van der Waals surface area (Å²) in [6.45, 7) is 0.112. The molecule has 3 aromatic rings. The maximum atomic E-state index is 12.4. The summed E-state index contributed by atoms with van der Waals surface area (Å²) in [4.78, 5) is 27.9. The minimum absolute atomic E-state index is 0.0131. The van der Waals surface area contributed by atoms with Gasteiger partial charge in [-0.1, -0.05) is 48.5 Å². The maximum absolute atomic E-state index is 12.4. The molecule has 1 aliphatic rings. The summed E-state index contributed by atoms with van der Waals surface area (Å²) in [7, 11) is 0. The highest BCUT2D eigenvalue weighted by atomic mass is 16.5. The molecule has 2 aromatic carbocycles. The number of carboxylic acid groups (broad SMARTS) is 1. The van der Waals surface area contributed by atoms with Crippen LogP contribution in [0.15, 0.2) is 67.0 Å². The van der Waals surface area contributed by atoms with Crippen LogP contribution in [0.2, 0.25) is 0 Å². The highest BCUT2D eigenvalue weighted by molar-refractivity contribution is 5.81. The number of rotatable bonds is 6. The van der Waals surface area contributed by atoms with E-state index in [4.69, 9.17) is 10.5 Å². The summed E-state index contributed by atoms with van der Waals surface area (Å²) < 4.78 is 5.43. The first kappa shape index (κ1) is 19.4. The molecule has 0 fully saturated rings. The smallest absolute Gasteiger partial charge is 0.407 e. The van der Waals surface area contributed by atoms with Gasteiger partial charge in [-0.15, -0.1) is 0 Å². The van der Waals surface area contributed by atoms with Crippen molar-refractivity contribution in [3.63, 3.8) is 0 Å². The number of amides is 1. The van der Waals surface area contributed by atoms with Crippen molar-refractivity contribution in [3.8, 4) is 11.1 Å². The number of alkyl carbamates (subject to hydrolysis) is 1. The van der Waals surface area contributed by atoms with E-state index in [0.29, 0.717) is 11.3 Å². The number of nitrogens with one attached hydrogen (secondary N) is 1. The number of ether oxygens (including phenoxy) is 1. The summed E-state index contributed by atoms with van der Waals surface area (Å²) in [5, 5.41) is 11.9. The lowest BCUT2D eigenvalue weighted by molar-refractivity contribution is -0.139. The van der Waals surface area contributed by atoms with Gasteiger partial charge in [0.2, 0.25) is 0 Å². The zero-order valence-corrected chi connectivity index (χ0v) is 16.1. The average molecular weight is 403 g/mol. The Bertz CT molecular complexity index is 1050. The van der Waals surface area contributed by atoms with Crippen molar-refractivity contribution < 1.29 is 19.4 Å². The normalized spacial score (nSPS) is 13.2. The van der Waals surface area contributed by atoms with Crippen LogP contribution in [0.1, 0.15) is 22.6 Å². The number of benzene rings is 2. The van der Waals surface area contributed by atoms with Crippen LogP contribution in [0.25, 0.3) is 11.1 Å². The number of pyridine rings is 1. The molecule has 1 aromatic heterocycles. The summed E-state index contributed by atoms with van der Waals surface area (Å²) >= 11 is 0. The topological polar surface area (TPSA) is 115 Å². The van der Waals surface area contributed by atoms with E-state index in [2.05, 4.69) is 10.3 Å². The lowest BCUT2D eigenvalue weighted by Crippen LogP contribution is -2.43. The van der Waals surface area contributed by atoms with Crippen molar-refractivity contribution in [1.82, 2.24) is 10.3 Å². The Morgan fingerprint density at radius 3 is 2.30 bits per heavy atom. The lowest BCUT2D eigenvalue weighted by atomic mass is 9.98. The summed E-state index contributed by atoms with van der Waals surface area (Å²) in [5.41, 5.74) is 11.2. The first-order valence-electron chi connectivity index (χ1n) is 9.57. The number of carbonyl (C=O) groups excluding carboxylic acids is 1. The van der Waals surface area contributed by atoms with Gasteiger partial charge in [0, 0.05) is 30.4 Å². The number of aliphatic carboxylic acids is 1. The van der Waals surface area contributed by atoms with Gasteiger partial charge >= 0.3 is 12.1 Å². The second-order valence-electron chi connectivity index (χ2n) is 7.14. The largest absolute Gasteiger partial charge is 0.480 e. The molecular weight excluding hydrogens is 382 g/mol. The zero-order chi connectivity index (χ0) is 21.1. The molecule has 1 aliphatic carbocycles. The van der Waals surface area contributed by atoms with E-state index in [-0.39, 0.29) is 18.9 Å². The molecule has 1 heterocycles. The maximum Gasteiger partial charge on any atom is 0.407 e. The first-order chi connectivity index (χ1) is 14.5. The number of nitrogen functional groups attached to an aromatic ring is 1. The Morgan fingerprint density at radius 2 is 1.70 bits per heavy atom. The number of hydrogen-bond donors (Lipinski definition) is 3. The van der Waals surface area contributed by atoms with Crippen LogP contribution in [-0.4, -0.2) is 34.8 Å². The fraction of sp³-hybridized carbons (Fsp3) is 0.174. The molecule has 0 saturated heterocycles. The van der Waals surface area contributed by atoms with Crippen molar-refractivity contribution in [1.29, 1.82) is 0 Å². The molecule has 30 heavy (non-hydrogen) atoms. The summed E-state index contributed by atoms with van der Waals surface area (Å²) in [6.07, 6.45) is 2.24. The predicted octanol–water partition coefficient (Wildman–Crippen LogP) is 3.20. The van der Waals surface area contributed by atoms with Crippen LogP contribution in [0.5, 0.6) is 0 Å². The van der Waals surface area contributed by atoms with E-state index in [1.807, 2.05) is 48.5 Å². The zero-order valence-electron chi connectivity index (χ0n) is 16.1.